The van der Waals surface area contributed by atoms with E-state index in [1.165, 1.54) is 11.1 Å². The number of hydrogen-bond donors (Lipinski definition) is 1. The molecule has 0 aliphatic carbocycles. The number of ether oxygens (including phenoxy) is 4. The molecule has 0 spiro atoms. The van der Waals surface area contributed by atoms with Crippen molar-refractivity contribution >= 4 is 0 Å². The van der Waals surface area contributed by atoms with Crippen LogP contribution in [0.3, 0.4) is 0 Å². The first-order valence-corrected chi connectivity index (χ1v) is 8.81. The molecule has 2 aromatic rings. The predicted octanol–water partition coefficient (Wildman–Crippen LogP) is 2.58. The van der Waals surface area contributed by atoms with Crippen LogP contribution in [-0.2, 0) is 12.8 Å². The monoisotopic (exact) mass is 355 g/mol. The Balaban J connectivity index is 1.60. The van der Waals surface area contributed by atoms with Crippen molar-refractivity contribution in [2.45, 2.75) is 25.1 Å². The molecule has 26 heavy (non-hydrogen) atoms. The van der Waals surface area contributed by atoms with Gasteiger partial charge in [0.25, 0.3) is 0 Å². The van der Waals surface area contributed by atoms with Crippen LogP contribution in [0.25, 0.3) is 0 Å². The Labute approximate surface area is 151 Å². The fraction of sp³-hybridized carbons (Fsp3) is 0.400. The van der Waals surface area contributed by atoms with Crippen LogP contribution in [0, 0.1) is 0 Å². The lowest BCUT2D eigenvalue weighted by Gasteiger charge is -2.25. The zero-order chi connectivity index (χ0) is 17.8. The van der Waals surface area contributed by atoms with E-state index in [1.54, 1.807) is 14.2 Å². The Kier molecular flexibility index (Phi) is 3.52. The smallest absolute Gasteiger partial charge is 0.231 e. The van der Waals surface area contributed by atoms with Gasteiger partial charge in [0.2, 0.25) is 6.79 Å². The van der Waals surface area contributed by atoms with E-state index in [2.05, 4.69) is 17.0 Å². The van der Waals surface area contributed by atoms with Crippen LogP contribution in [0.15, 0.2) is 24.3 Å². The molecule has 3 aliphatic heterocycles. The number of aliphatic hydroxyl groups is 1. The Hall–Kier alpha value is -2.44. The summed E-state index contributed by atoms with van der Waals surface area (Å²) < 4.78 is 22.0. The molecule has 0 saturated heterocycles. The lowest BCUT2D eigenvalue weighted by molar-refractivity contribution is -0.00644. The third-order valence-corrected chi connectivity index (χ3v) is 5.70. The molecule has 2 atom stereocenters. The normalized spacial score (nSPS) is 23.0. The molecule has 5 rings (SSSR count). The maximum absolute atomic E-state index is 11.0. The van der Waals surface area contributed by atoms with Crippen LogP contribution in [0.4, 0.5) is 0 Å². The number of aliphatic hydroxyl groups excluding tert-OH is 1. The van der Waals surface area contributed by atoms with Crippen molar-refractivity contribution in [3.8, 4) is 23.0 Å². The Morgan fingerprint density at radius 2 is 1.85 bits per heavy atom. The molecule has 1 N–H and O–H groups in total. The van der Waals surface area contributed by atoms with E-state index >= 15 is 0 Å². The van der Waals surface area contributed by atoms with Gasteiger partial charge in [0.15, 0.2) is 23.0 Å². The molecule has 3 aliphatic rings. The van der Waals surface area contributed by atoms with Crippen molar-refractivity contribution in [1.82, 2.24) is 4.90 Å². The lowest BCUT2D eigenvalue weighted by Crippen LogP contribution is -2.27. The molecule has 0 saturated carbocycles. The SMILES string of the molecule is COc1ccc2c(c1OC)C(O)N1CCc3cc4c(cc3C[C@@H]21)OCO4. The van der Waals surface area contributed by atoms with Gasteiger partial charge < -0.3 is 24.1 Å². The summed E-state index contributed by atoms with van der Waals surface area (Å²) in [6.07, 6.45) is 0.965. The molecule has 1 unspecified atom stereocenters. The largest absolute Gasteiger partial charge is 0.493 e. The van der Waals surface area contributed by atoms with E-state index in [1.807, 2.05) is 12.1 Å². The van der Waals surface area contributed by atoms with Crippen molar-refractivity contribution in [1.29, 1.82) is 0 Å². The number of methoxy groups -OCH3 is 2. The minimum atomic E-state index is -0.700. The molecule has 2 aromatic carbocycles. The average molecular weight is 355 g/mol. The van der Waals surface area contributed by atoms with Gasteiger partial charge in [-0.3, -0.25) is 4.90 Å². The highest BCUT2D eigenvalue weighted by molar-refractivity contribution is 5.56. The number of rotatable bonds is 2. The van der Waals surface area contributed by atoms with Crippen molar-refractivity contribution < 1.29 is 24.1 Å². The van der Waals surface area contributed by atoms with Gasteiger partial charge in [0.05, 0.1) is 14.2 Å². The molecule has 3 heterocycles. The minimum absolute atomic E-state index is 0.0985. The Bertz CT molecular complexity index is 881. The van der Waals surface area contributed by atoms with Crippen LogP contribution < -0.4 is 18.9 Å². The summed E-state index contributed by atoms with van der Waals surface area (Å²) in [7, 11) is 3.23. The van der Waals surface area contributed by atoms with Crippen molar-refractivity contribution in [2.75, 3.05) is 27.6 Å². The van der Waals surface area contributed by atoms with Crippen LogP contribution in [0.2, 0.25) is 0 Å². The van der Waals surface area contributed by atoms with E-state index in [0.29, 0.717) is 11.5 Å². The molecule has 6 nitrogen and oxygen atoms in total. The highest BCUT2D eigenvalue weighted by Crippen LogP contribution is 2.51. The van der Waals surface area contributed by atoms with Gasteiger partial charge in [0.1, 0.15) is 6.23 Å². The first-order chi connectivity index (χ1) is 12.7. The molecule has 136 valence electrons. The van der Waals surface area contributed by atoms with Crippen molar-refractivity contribution in [2.24, 2.45) is 0 Å². The number of nitrogens with zero attached hydrogens (tertiary/aromatic N) is 1. The van der Waals surface area contributed by atoms with E-state index in [0.717, 1.165) is 42.0 Å². The van der Waals surface area contributed by atoms with Gasteiger partial charge in [-0.1, -0.05) is 6.07 Å². The summed E-state index contributed by atoms with van der Waals surface area (Å²) >= 11 is 0. The average Bonchev–Trinajstić information content (AvgIpc) is 3.15. The molecule has 0 radical (unpaired) electrons. The summed E-state index contributed by atoms with van der Waals surface area (Å²) in [6, 6.07) is 8.23. The molecule has 0 amide bonds. The standard InChI is InChI=1S/C20H21NO5/c1-23-15-4-3-13-14-7-12-9-17-16(25-10-26-17)8-11(12)5-6-21(14)20(22)18(13)19(15)24-2/h3-4,8-9,14,20,22H,5-7,10H2,1-2H3/t14-,20?/m0/s1. The van der Waals surface area contributed by atoms with E-state index in [4.69, 9.17) is 18.9 Å². The van der Waals surface area contributed by atoms with Crippen LogP contribution >= 0.6 is 0 Å². The van der Waals surface area contributed by atoms with Gasteiger partial charge in [-0.05, 0) is 47.7 Å². The van der Waals surface area contributed by atoms with Gasteiger partial charge in [0, 0.05) is 18.2 Å². The quantitative estimate of drug-likeness (QED) is 0.894. The van der Waals surface area contributed by atoms with Gasteiger partial charge in [-0.15, -0.1) is 0 Å². The van der Waals surface area contributed by atoms with Crippen LogP contribution in [0.1, 0.15) is 34.5 Å². The number of fused-ring (bicyclic) bond motifs is 5. The Morgan fingerprint density at radius 3 is 2.58 bits per heavy atom. The second-order valence-electron chi connectivity index (χ2n) is 6.86. The highest BCUT2D eigenvalue weighted by atomic mass is 16.7. The van der Waals surface area contributed by atoms with Gasteiger partial charge >= 0.3 is 0 Å². The molecule has 0 bridgehead atoms. The van der Waals surface area contributed by atoms with Gasteiger partial charge in [-0.2, -0.15) is 0 Å². The highest BCUT2D eigenvalue weighted by Gasteiger charge is 2.42. The maximum Gasteiger partial charge on any atom is 0.231 e. The minimum Gasteiger partial charge on any atom is -0.493 e. The number of benzene rings is 2. The summed E-state index contributed by atoms with van der Waals surface area (Å²) in [5.74, 6) is 2.89. The first kappa shape index (κ1) is 15.8. The Morgan fingerprint density at radius 1 is 1.08 bits per heavy atom. The molecule has 6 heteroatoms. The third-order valence-electron chi connectivity index (χ3n) is 5.70. The molecule has 0 fully saturated rings. The number of hydrogen-bond acceptors (Lipinski definition) is 6. The van der Waals surface area contributed by atoms with Crippen LogP contribution in [-0.4, -0.2) is 37.6 Å². The van der Waals surface area contributed by atoms with E-state index in [9.17, 15) is 5.11 Å². The molecule has 0 aromatic heterocycles. The van der Waals surface area contributed by atoms with E-state index in [-0.39, 0.29) is 12.8 Å². The first-order valence-electron chi connectivity index (χ1n) is 8.81. The van der Waals surface area contributed by atoms with Crippen molar-refractivity contribution in [3.05, 3.63) is 46.5 Å². The van der Waals surface area contributed by atoms with E-state index < -0.39 is 6.23 Å². The second-order valence-corrected chi connectivity index (χ2v) is 6.86. The molecular weight excluding hydrogens is 334 g/mol. The topological polar surface area (TPSA) is 60.4 Å². The lowest BCUT2D eigenvalue weighted by atomic mass is 9.94. The summed E-state index contributed by atoms with van der Waals surface area (Å²) in [5.41, 5.74) is 4.43. The third kappa shape index (κ3) is 2.12. The second kappa shape index (κ2) is 5.79. The zero-order valence-electron chi connectivity index (χ0n) is 14.8. The fourth-order valence-electron chi connectivity index (χ4n) is 4.45. The van der Waals surface area contributed by atoms with Crippen molar-refractivity contribution in [3.63, 3.8) is 0 Å². The maximum atomic E-state index is 11.0. The fourth-order valence-corrected chi connectivity index (χ4v) is 4.45. The summed E-state index contributed by atoms with van der Waals surface area (Å²) in [4.78, 5) is 2.14. The predicted molar refractivity (Wildman–Crippen MR) is 93.9 cm³/mol. The van der Waals surface area contributed by atoms with Gasteiger partial charge in [-0.25, -0.2) is 0 Å². The molecular formula is C20H21NO5. The zero-order valence-corrected chi connectivity index (χ0v) is 14.8. The van der Waals surface area contributed by atoms with Crippen LogP contribution in [0.5, 0.6) is 23.0 Å². The summed E-state index contributed by atoms with van der Waals surface area (Å²) in [6.45, 7) is 1.05. The summed E-state index contributed by atoms with van der Waals surface area (Å²) in [5, 5.41) is 11.0.